The van der Waals surface area contributed by atoms with Gasteiger partial charge >= 0.3 is 0 Å². The summed E-state index contributed by atoms with van der Waals surface area (Å²) in [5.74, 6) is 1.82. The largest absolute Gasteiger partial charge is 0.497 e. The summed E-state index contributed by atoms with van der Waals surface area (Å²) in [7, 11) is 1.61. The SMILES string of the molecule is COc1cccc(N2CC(c3noc(Cc4c[nH]c5ccccc45)n3)CC2=O)c1. The Kier molecular flexibility index (Phi) is 4.27. The van der Waals surface area contributed by atoms with Gasteiger partial charge in [0, 0.05) is 47.7 Å². The van der Waals surface area contributed by atoms with Gasteiger partial charge in [-0.05, 0) is 23.8 Å². The van der Waals surface area contributed by atoms with Crippen LogP contribution < -0.4 is 9.64 Å². The van der Waals surface area contributed by atoms with E-state index >= 15 is 0 Å². The number of hydrogen-bond donors (Lipinski definition) is 1. The zero-order chi connectivity index (χ0) is 19.8. The van der Waals surface area contributed by atoms with Gasteiger partial charge in [-0.15, -0.1) is 0 Å². The molecule has 2 aromatic heterocycles. The van der Waals surface area contributed by atoms with E-state index in [1.165, 1.54) is 0 Å². The van der Waals surface area contributed by atoms with Crippen LogP contribution in [-0.2, 0) is 11.2 Å². The molecule has 0 bridgehead atoms. The Balaban J connectivity index is 1.33. The van der Waals surface area contributed by atoms with Gasteiger partial charge in [0.1, 0.15) is 5.75 Å². The quantitative estimate of drug-likeness (QED) is 0.564. The number of para-hydroxylation sites is 1. The minimum absolute atomic E-state index is 0.0474. The van der Waals surface area contributed by atoms with Gasteiger partial charge < -0.3 is 19.1 Å². The van der Waals surface area contributed by atoms with E-state index in [4.69, 9.17) is 9.26 Å². The fourth-order valence-electron chi connectivity index (χ4n) is 3.85. The summed E-state index contributed by atoms with van der Waals surface area (Å²) in [6.07, 6.45) is 2.89. The molecule has 146 valence electrons. The van der Waals surface area contributed by atoms with Crippen molar-refractivity contribution in [2.45, 2.75) is 18.8 Å². The van der Waals surface area contributed by atoms with E-state index in [9.17, 15) is 4.79 Å². The number of H-pyrrole nitrogens is 1. The average Bonchev–Trinajstić information content (AvgIpc) is 3.47. The van der Waals surface area contributed by atoms with Gasteiger partial charge in [0.05, 0.1) is 13.5 Å². The summed E-state index contributed by atoms with van der Waals surface area (Å²) in [5.41, 5.74) is 3.01. The lowest BCUT2D eigenvalue weighted by Gasteiger charge is -2.16. The van der Waals surface area contributed by atoms with Crippen LogP contribution in [0.2, 0.25) is 0 Å². The molecule has 1 saturated heterocycles. The summed E-state index contributed by atoms with van der Waals surface area (Å²) >= 11 is 0. The van der Waals surface area contributed by atoms with Crippen LogP contribution in [0.15, 0.2) is 59.3 Å². The molecule has 1 aliphatic rings. The Labute approximate surface area is 167 Å². The van der Waals surface area contributed by atoms with Crippen molar-refractivity contribution in [3.05, 3.63) is 72.0 Å². The normalized spacial score (nSPS) is 16.7. The Bertz CT molecular complexity index is 1180. The number of methoxy groups -OCH3 is 1. The molecular formula is C22H20N4O3. The smallest absolute Gasteiger partial charge is 0.231 e. The molecule has 1 aliphatic heterocycles. The Morgan fingerprint density at radius 3 is 3.03 bits per heavy atom. The number of carbonyl (C=O) groups excluding carboxylic acids is 1. The Hall–Kier alpha value is -3.61. The second kappa shape index (κ2) is 7.09. The highest BCUT2D eigenvalue weighted by Crippen LogP contribution is 2.32. The maximum absolute atomic E-state index is 12.6. The lowest BCUT2D eigenvalue weighted by Crippen LogP contribution is -2.24. The lowest BCUT2D eigenvalue weighted by molar-refractivity contribution is -0.117. The second-order valence-corrected chi connectivity index (χ2v) is 7.19. The van der Waals surface area contributed by atoms with E-state index in [0.29, 0.717) is 31.1 Å². The highest BCUT2D eigenvalue weighted by atomic mass is 16.5. The van der Waals surface area contributed by atoms with Crippen LogP contribution in [0.25, 0.3) is 10.9 Å². The minimum atomic E-state index is -0.0887. The number of rotatable bonds is 5. The molecule has 1 N–H and O–H groups in total. The van der Waals surface area contributed by atoms with Crippen LogP contribution in [0.1, 0.15) is 29.6 Å². The number of aromatic nitrogens is 3. The molecule has 1 amide bonds. The molecule has 5 rings (SSSR count). The van der Waals surface area contributed by atoms with Gasteiger partial charge in [-0.3, -0.25) is 4.79 Å². The van der Waals surface area contributed by atoms with Crippen molar-refractivity contribution in [3.8, 4) is 5.75 Å². The van der Waals surface area contributed by atoms with E-state index < -0.39 is 0 Å². The molecule has 1 atom stereocenters. The molecule has 29 heavy (non-hydrogen) atoms. The fraction of sp³-hybridized carbons (Fsp3) is 0.227. The van der Waals surface area contributed by atoms with Crippen LogP contribution in [0.5, 0.6) is 5.75 Å². The van der Waals surface area contributed by atoms with Crippen LogP contribution in [0, 0.1) is 0 Å². The topological polar surface area (TPSA) is 84.2 Å². The summed E-state index contributed by atoms with van der Waals surface area (Å²) < 4.78 is 10.8. The highest BCUT2D eigenvalue weighted by Gasteiger charge is 2.34. The monoisotopic (exact) mass is 388 g/mol. The molecule has 7 heteroatoms. The molecule has 2 aromatic carbocycles. The van der Waals surface area contributed by atoms with E-state index in [0.717, 1.165) is 27.9 Å². The van der Waals surface area contributed by atoms with Crippen molar-refractivity contribution in [3.63, 3.8) is 0 Å². The predicted molar refractivity (Wildman–Crippen MR) is 108 cm³/mol. The first kappa shape index (κ1) is 17.5. The van der Waals surface area contributed by atoms with Gasteiger partial charge in [-0.25, -0.2) is 0 Å². The summed E-state index contributed by atoms with van der Waals surface area (Å²) in [4.78, 5) is 22.1. The van der Waals surface area contributed by atoms with Gasteiger partial charge in [0.2, 0.25) is 11.8 Å². The number of anilines is 1. The Morgan fingerprint density at radius 2 is 2.14 bits per heavy atom. The number of ether oxygens (including phenoxy) is 1. The molecule has 7 nitrogen and oxygen atoms in total. The highest BCUT2D eigenvalue weighted by molar-refractivity contribution is 5.96. The number of fused-ring (bicyclic) bond motifs is 1. The molecule has 3 heterocycles. The average molecular weight is 388 g/mol. The van der Waals surface area contributed by atoms with E-state index in [1.54, 1.807) is 12.0 Å². The third kappa shape index (κ3) is 3.24. The summed E-state index contributed by atoms with van der Waals surface area (Å²) in [6, 6.07) is 15.6. The van der Waals surface area contributed by atoms with Crippen molar-refractivity contribution < 1.29 is 14.1 Å². The molecule has 0 radical (unpaired) electrons. The standard InChI is InChI=1S/C22H20N4O3/c1-28-17-6-4-5-16(11-17)26-13-15(10-21(26)27)22-24-20(29-25-22)9-14-12-23-19-8-3-2-7-18(14)19/h2-8,11-12,15,23H,9-10,13H2,1H3. The zero-order valence-electron chi connectivity index (χ0n) is 16.0. The van der Waals surface area contributed by atoms with Crippen LogP contribution in [0.3, 0.4) is 0 Å². The number of nitrogens with zero attached hydrogens (tertiary/aromatic N) is 3. The Morgan fingerprint density at radius 1 is 1.24 bits per heavy atom. The molecule has 1 fully saturated rings. The number of amides is 1. The lowest BCUT2D eigenvalue weighted by atomic mass is 10.1. The number of nitrogens with one attached hydrogen (secondary N) is 1. The van der Waals surface area contributed by atoms with Gasteiger partial charge in [0.25, 0.3) is 0 Å². The molecule has 4 aromatic rings. The second-order valence-electron chi connectivity index (χ2n) is 7.19. The third-order valence-corrected chi connectivity index (χ3v) is 5.36. The summed E-state index contributed by atoms with van der Waals surface area (Å²) in [5, 5.41) is 5.30. The first-order chi connectivity index (χ1) is 14.2. The number of benzene rings is 2. The van der Waals surface area contributed by atoms with Crippen LogP contribution in [0.4, 0.5) is 5.69 Å². The minimum Gasteiger partial charge on any atom is -0.497 e. The van der Waals surface area contributed by atoms with Crippen LogP contribution in [-0.4, -0.2) is 34.7 Å². The third-order valence-electron chi connectivity index (χ3n) is 5.36. The van der Waals surface area contributed by atoms with Crippen molar-refractivity contribution in [2.75, 3.05) is 18.6 Å². The maximum Gasteiger partial charge on any atom is 0.231 e. The molecule has 0 spiro atoms. The van der Waals surface area contributed by atoms with Crippen molar-refractivity contribution in [1.82, 2.24) is 15.1 Å². The molecular weight excluding hydrogens is 368 g/mol. The molecule has 1 unspecified atom stereocenters. The van der Waals surface area contributed by atoms with Crippen molar-refractivity contribution in [1.29, 1.82) is 0 Å². The number of hydrogen-bond acceptors (Lipinski definition) is 5. The van der Waals surface area contributed by atoms with Crippen molar-refractivity contribution >= 4 is 22.5 Å². The molecule has 0 aliphatic carbocycles. The number of carbonyl (C=O) groups is 1. The van der Waals surface area contributed by atoms with E-state index in [1.807, 2.05) is 48.7 Å². The van der Waals surface area contributed by atoms with E-state index in [-0.39, 0.29) is 11.8 Å². The van der Waals surface area contributed by atoms with Gasteiger partial charge in [-0.2, -0.15) is 4.98 Å². The first-order valence-corrected chi connectivity index (χ1v) is 9.53. The van der Waals surface area contributed by atoms with Crippen molar-refractivity contribution in [2.24, 2.45) is 0 Å². The van der Waals surface area contributed by atoms with Crippen LogP contribution >= 0.6 is 0 Å². The van der Waals surface area contributed by atoms with Gasteiger partial charge in [-0.1, -0.05) is 29.4 Å². The first-order valence-electron chi connectivity index (χ1n) is 9.53. The number of aromatic amines is 1. The summed E-state index contributed by atoms with van der Waals surface area (Å²) in [6.45, 7) is 0.526. The fourth-order valence-corrected chi connectivity index (χ4v) is 3.85. The zero-order valence-corrected chi connectivity index (χ0v) is 16.0. The van der Waals surface area contributed by atoms with E-state index in [2.05, 4.69) is 21.2 Å². The maximum atomic E-state index is 12.6. The molecule has 0 saturated carbocycles. The predicted octanol–water partition coefficient (Wildman–Crippen LogP) is 3.67. The van der Waals surface area contributed by atoms with Gasteiger partial charge in [0.15, 0.2) is 5.82 Å².